The quantitative estimate of drug-likeness (QED) is 0.583. The predicted molar refractivity (Wildman–Crippen MR) is 46.8 cm³/mol. The normalized spacial score (nSPS) is 21.3. The Bertz CT molecular complexity index is 258. The fraction of sp³-hybridized carbons (Fsp3) is 0.600. The second-order valence-corrected chi connectivity index (χ2v) is 4.12. The van der Waals surface area contributed by atoms with Gasteiger partial charge in [-0.05, 0) is 30.9 Å². The van der Waals surface area contributed by atoms with E-state index in [0.717, 1.165) is 0 Å². The molecule has 0 saturated heterocycles. The van der Waals surface area contributed by atoms with Crippen LogP contribution in [-0.2, 0) is 11.8 Å². The minimum Gasteiger partial charge on any atom is -0.364 e. The highest BCUT2D eigenvalue weighted by Gasteiger charge is 2.27. The van der Waals surface area contributed by atoms with Gasteiger partial charge >= 0.3 is 0 Å². The summed E-state index contributed by atoms with van der Waals surface area (Å²) in [6, 6.07) is 2.22. The summed E-state index contributed by atoms with van der Waals surface area (Å²) in [5.41, 5.74) is 3.38. The van der Waals surface area contributed by atoms with E-state index in [1.807, 2.05) is 0 Å². The average Bonchev–Trinajstić information content (AvgIpc) is 2.34. The molecule has 60 valence electrons. The summed E-state index contributed by atoms with van der Waals surface area (Å²) in [6.07, 6.45) is 6.00. The second kappa shape index (κ2) is 2.13. The molecule has 0 atom stereocenters. The van der Waals surface area contributed by atoms with Crippen molar-refractivity contribution < 1.29 is 0 Å². The van der Waals surface area contributed by atoms with Crippen LogP contribution in [0.5, 0.6) is 0 Å². The lowest BCUT2D eigenvalue weighted by Gasteiger charge is -2.29. The van der Waals surface area contributed by atoms with Gasteiger partial charge in [-0.25, -0.2) is 0 Å². The smallest absolute Gasteiger partial charge is 0.0237 e. The number of nitrogens with one attached hydrogen (secondary N) is 1. The summed E-state index contributed by atoms with van der Waals surface area (Å²) >= 11 is 0. The summed E-state index contributed by atoms with van der Waals surface area (Å²) < 4.78 is 0. The first-order valence-corrected chi connectivity index (χ1v) is 4.37. The van der Waals surface area contributed by atoms with Gasteiger partial charge in [0.15, 0.2) is 0 Å². The second-order valence-electron chi connectivity index (χ2n) is 4.12. The van der Waals surface area contributed by atoms with Gasteiger partial charge in [0.1, 0.15) is 0 Å². The first kappa shape index (κ1) is 6.96. The van der Waals surface area contributed by atoms with Crippen LogP contribution >= 0.6 is 0 Å². The molecule has 1 N–H and O–H groups in total. The van der Waals surface area contributed by atoms with Crippen molar-refractivity contribution in [1.82, 2.24) is 4.98 Å². The topological polar surface area (TPSA) is 15.8 Å². The molecule has 2 rings (SSSR count). The van der Waals surface area contributed by atoms with Crippen LogP contribution in [0.2, 0.25) is 0 Å². The van der Waals surface area contributed by atoms with Gasteiger partial charge in [-0.2, -0.15) is 0 Å². The minimum absolute atomic E-state index is 0.386. The van der Waals surface area contributed by atoms with Crippen LogP contribution < -0.4 is 0 Å². The van der Waals surface area contributed by atoms with E-state index < -0.39 is 0 Å². The molecule has 1 aliphatic rings. The first-order valence-electron chi connectivity index (χ1n) is 4.37. The van der Waals surface area contributed by atoms with E-state index in [1.54, 1.807) is 0 Å². The number of fused-ring (bicyclic) bond motifs is 1. The van der Waals surface area contributed by atoms with E-state index in [2.05, 4.69) is 31.1 Å². The fourth-order valence-electron chi connectivity index (χ4n) is 2.09. The van der Waals surface area contributed by atoms with Crippen molar-refractivity contribution in [2.24, 2.45) is 0 Å². The lowest BCUT2D eigenvalue weighted by atomic mass is 9.77. The maximum absolute atomic E-state index is 3.35. The predicted octanol–water partition coefficient (Wildman–Crippen LogP) is 2.63. The van der Waals surface area contributed by atoms with Crippen LogP contribution in [-0.4, -0.2) is 4.98 Å². The van der Waals surface area contributed by atoms with Gasteiger partial charge in [-0.1, -0.05) is 13.8 Å². The first-order chi connectivity index (χ1) is 5.20. The highest BCUT2D eigenvalue weighted by Crippen LogP contribution is 2.35. The monoisotopic (exact) mass is 149 g/mol. The molecular formula is C10H15N. The molecule has 0 radical (unpaired) electrons. The Morgan fingerprint density at radius 3 is 3.00 bits per heavy atom. The number of aromatic amines is 1. The highest BCUT2D eigenvalue weighted by molar-refractivity contribution is 5.29. The van der Waals surface area contributed by atoms with Gasteiger partial charge in [0, 0.05) is 17.3 Å². The molecule has 1 aromatic heterocycles. The zero-order chi connectivity index (χ0) is 7.90. The lowest BCUT2D eigenvalue weighted by molar-refractivity contribution is 0.422. The molecule has 1 aromatic rings. The summed E-state index contributed by atoms with van der Waals surface area (Å²) in [6.45, 7) is 4.64. The molecule has 1 aliphatic carbocycles. The van der Waals surface area contributed by atoms with Gasteiger partial charge in [0.25, 0.3) is 0 Å². The van der Waals surface area contributed by atoms with Crippen molar-refractivity contribution in [1.29, 1.82) is 0 Å². The Hall–Kier alpha value is -0.720. The molecule has 0 spiro atoms. The molecule has 0 aliphatic heterocycles. The van der Waals surface area contributed by atoms with Gasteiger partial charge in [-0.15, -0.1) is 0 Å². The molecule has 0 unspecified atom stereocenters. The van der Waals surface area contributed by atoms with Crippen molar-refractivity contribution in [3.63, 3.8) is 0 Å². The standard InChI is InChI=1S/C10H15N/c1-10(2)6-3-4-8-5-7-11-9(8)10/h5,7,11H,3-4,6H2,1-2H3. The van der Waals surface area contributed by atoms with E-state index in [4.69, 9.17) is 0 Å². The van der Waals surface area contributed by atoms with Crippen LogP contribution in [0.25, 0.3) is 0 Å². The van der Waals surface area contributed by atoms with E-state index in [1.165, 1.54) is 30.5 Å². The lowest BCUT2D eigenvalue weighted by Crippen LogP contribution is -2.23. The Morgan fingerprint density at radius 2 is 2.27 bits per heavy atom. The van der Waals surface area contributed by atoms with Crippen LogP contribution in [0.15, 0.2) is 12.3 Å². The summed E-state index contributed by atoms with van der Waals surface area (Å²) in [7, 11) is 0. The summed E-state index contributed by atoms with van der Waals surface area (Å²) in [5.74, 6) is 0. The van der Waals surface area contributed by atoms with Gasteiger partial charge in [0.05, 0.1) is 0 Å². The number of H-pyrrole nitrogens is 1. The number of aryl methyl sites for hydroxylation is 1. The molecule has 11 heavy (non-hydrogen) atoms. The van der Waals surface area contributed by atoms with Crippen molar-refractivity contribution in [2.75, 3.05) is 0 Å². The SMILES string of the molecule is CC1(C)CCCc2cc[nH]c21. The third-order valence-corrected chi connectivity index (χ3v) is 2.76. The van der Waals surface area contributed by atoms with Crippen LogP contribution in [0.3, 0.4) is 0 Å². The van der Waals surface area contributed by atoms with E-state index in [9.17, 15) is 0 Å². The Morgan fingerprint density at radius 1 is 1.45 bits per heavy atom. The van der Waals surface area contributed by atoms with Gasteiger partial charge < -0.3 is 4.98 Å². The zero-order valence-corrected chi connectivity index (χ0v) is 7.28. The zero-order valence-electron chi connectivity index (χ0n) is 7.28. The average molecular weight is 149 g/mol. The number of hydrogen-bond donors (Lipinski definition) is 1. The Labute approximate surface area is 67.8 Å². The molecule has 0 saturated carbocycles. The van der Waals surface area contributed by atoms with Crippen LogP contribution in [0.4, 0.5) is 0 Å². The number of aromatic nitrogens is 1. The van der Waals surface area contributed by atoms with E-state index >= 15 is 0 Å². The van der Waals surface area contributed by atoms with Crippen LogP contribution in [0.1, 0.15) is 37.9 Å². The third-order valence-electron chi connectivity index (χ3n) is 2.76. The molecule has 0 fully saturated rings. The Kier molecular flexibility index (Phi) is 1.35. The number of hydrogen-bond acceptors (Lipinski definition) is 0. The van der Waals surface area contributed by atoms with Crippen molar-refractivity contribution in [3.8, 4) is 0 Å². The van der Waals surface area contributed by atoms with Gasteiger partial charge in [-0.3, -0.25) is 0 Å². The molecule has 0 amide bonds. The largest absolute Gasteiger partial charge is 0.364 e. The Balaban J connectivity index is 2.48. The minimum atomic E-state index is 0.386. The summed E-state index contributed by atoms with van der Waals surface area (Å²) in [5, 5.41) is 0. The molecule has 1 heterocycles. The molecule has 0 bridgehead atoms. The summed E-state index contributed by atoms with van der Waals surface area (Å²) in [4.78, 5) is 3.35. The molecule has 1 heteroatoms. The fourth-order valence-corrected chi connectivity index (χ4v) is 2.09. The van der Waals surface area contributed by atoms with Crippen molar-refractivity contribution in [3.05, 3.63) is 23.5 Å². The van der Waals surface area contributed by atoms with E-state index in [-0.39, 0.29) is 0 Å². The molecule has 0 aromatic carbocycles. The third kappa shape index (κ3) is 0.991. The molecular weight excluding hydrogens is 134 g/mol. The maximum Gasteiger partial charge on any atom is 0.0237 e. The van der Waals surface area contributed by atoms with Crippen molar-refractivity contribution in [2.45, 2.75) is 38.5 Å². The van der Waals surface area contributed by atoms with E-state index in [0.29, 0.717) is 5.41 Å². The number of rotatable bonds is 0. The highest BCUT2D eigenvalue weighted by atomic mass is 14.7. The van der Waals surface area contributed by atoms with Crippen molar-refractivity contribution >= 4 is 0 Å². The maximum atomic E-state index is 3.35. The molecule has 1 nitrogen and oxygen atoms in total. The van der Waals surface area contributed by atoms with Crippen LogP contribution in [0, 0.1) is 0 Å². The van der Waals surface area contributed by atoms with Gasteiger partial charge in [0.2, 0.25) is 0 Å².